The van der Waals surface area contributed by atoms with Crippen molar-refractivity contribution in [3.63, 3.8) is 0 Å². The third-order valence-electron chi connectivity index (χ3n) is 7.88. The fourth-order valence-electron chi connectivity index (χ4n) is 5.21. The number of anilines is 1. The van der Waals surface area contributed by atoms with Gasteiger partial charge in [0.25, 0.3) is 0 Å². The first kappa shape index (κ1) is 31.3. The van der Waals surface area contributed by atoms with Gasteiger partial charge in [0.1, 0.15) is 28.8 Å². The van der Waals surface area contributed by atoms with E-state index in [0.717, 1.165) is 38.4 Å². The average molecular weight is 599 g/mol. The van der Waals surface area contributed by atoms with Gasteiger partial charge in [-0.15, -0.1) is 0 Å². The molecule has 0 aliphatic carbocycles. The first-order valence-corrected chi connectivity index (χ1v) is 16.1. The summed E-state index contributed by atoms with van der Waals surface area (Å²) in [5.41, 5.74) is 0.229. The number of carbonyl (C=O) groups excluding carboxylic acids is 1. The number of nitrogens with zero attached hydrogens (tertiary/aromatic N) is 1. The lowest BCUT2D eigenvalue weighted by atomic mass is 9.80. The van der Waals surface area contributed by atoms with Gasteiger partial charge in [0.2, 0.25) is 0 Å². The molecule has 1 fully saturated rings. The molecule has 8 nitrogen and oxygen atoms in total. The highest BCUT2D eigenvalue weighted by Gasteiger charge is 2.37. The number of carbonyl (C=O) groups is 1. The van der Waals surface area contributed by atoms with Crippen molar-refractivity contribution in [3.8, 4) is 23.0 Å². The molecular weight excluding hydrogens is 559 g/mol. The number of likely N-dealkylation sites (tertiary alicyclic amines) is 1. The monoisotopic (exact) mass is 598 g/mol. The second-order valence-electron chi connectivity index (χ2n) is 10.8. The van der Waals surface area contributed by atoms with E-state index in [1.807, 2.05) is 0 Å². The summed E-state index contributed by atoms with van der Waals surface area (Å²) in [4.78, 5) is 15.3. The Bertz CT molecular complexity index is 1450. The highest BCUT2D eigenvalue weighted by Crippen LogP contribution is 2.36. The lowest BCUT2D eigenvalue weighted by molar-refractivity contribution is -0.0661. The molecule has 1 aliphatic heterocycles. The number of benzene rings is 3. The second-order valence-corrected chi connectivity index (χ2v) is 12.8. The minimum absolute atomic E-state index is 0.176. The number of hydrogen-bond acceptors (Lipinski definition) is 6. The molecule has 10 heteroatoms. The molecule has 0 atom stereocenters. The number of piperidine rings is 1. The molecule has 42 heavy (non-hydrogen) atoms. The first-order chi connectivity index (χ1) is 20.0. The van der Waals surface area contributed by atoms with Crippen LogP contribution in [0, 0.1) is 11.7 Å². The van der Waals surface area contributed by atoms with Gasteiger partial charge < -0.3 is 24.4 Å². The summed E-state index contributed by atoms with van der Waals surface area (Å²) < 4.78 is 55.0. The van der Waals surface area contributed by atoms with Crippen molar-refractivity contribution in [3.05, 3.63) is 72.5 Å². The van der Waals surface area contributed by atoms with Gasteiger partial charge in [-0.1, -0.05) is 26.7 Å². The molecule has 1 aliphatic rings. The molecule has 4 rings (SSSR count). The second kappa shape index (κ2) is 13.6. The fourth-order valence-corrected chi connectivity index (χ4v) is 5.84. The Morgan fingerprint density at radius 2 is 1.43 bits per heavy atom. The van der Waals surface area contributed by atoms with Crippen LogP contribution in [0.1, 0.15) is 46.0 Å². The molecule has 1 saturated heterocycles. The summed E-state index contributed by atoms with van der Waals surface area (Å²) in [6.07, 6.45) is 5.86. The van der Waals surface area contributed by atoms with Gasteiger partial charge in [-0.25, -0.2) is 17.6 Å². The largest absolute Gasteiger partial charge is 0.457 e. The van der Waals surface area contributed by atoms with E-state index in [9.17, 15) is 17.6 Å². The van der Waals surface area contributed by atoms with Gasteiger partial charge in [0.15, 0.2) is 9.84 Å². The topological polar surface area (TPSA) is 94.2 Å². The van der Waals surface area contributed by atoms with Gasteiger partial charge in [0.05, 0.1) is 10.5 Å². The van der Waals surface area contributed by atoms with E-state index in [1.54, 1.807) is 42.3 Å². The van der Waals surface area contributed by atoms with Crippen LogP contribution in [0.3, 0.4) is 0 Å². The summed E-state index contributed by atoms with van der Waals surface area (Å²) >= 11 is 0. The molecule has 1 heterocycles. The van der Waals surface area contributed by atoms with E-state index < -0.39 is 9.84 Å². The van der Waals surface area contributed by atoms with Crippen LogP contribution in [0.25, 0.3) is 0 Å². The summed E-state index contributed by atoms with van der Waals surface area (Å²) in [6, 6.07) is 16.3. The Hall–Kier alpha value is -3.63. The molecule has 0 saturated carbocycles. The molecule has 0 radical (unpaired) electrons. The van der Waals surface area contributed by atoms with Crippen molar-refractivity contribution in [2.75, 3.05) is 31.8 Å². The van der Waals surface area contributed by atoms with E-state index in [4.69, 9.17) is 14.2 Å². The molecule has 2 amide bonds. The Labute approximate surface area is 247 Å². The van der Waals surface area contributed by atoms with Gasteiger partial charge in [-0.3, -0.25) is 0 Å². The van der Waals surface area contributed by atoms with Crippen LogP contribution in [0.15, 0.2) is 71.6 Å². The maximum absolute atomic E-state index is 13.4. The van der Waals surface area contributed by atoms with Gasteiger partial charge in [-0.2, -0.15) is 0 Å². The SMILES string of the molecule is CCC(CC)CC1(OC)CCN(C(=O)Nc2cc(Oc3ccc(F)cc3)cc(Oc3ccc(S(C)(=O)=O)cc3)c2)CC1. The molecule has 226 valence electrons. The highest BCUT2D eigenvalue weighted by molar-refractivity contribution is 7.90. The number of hydrogen-bond donors (Lipinski definition) is 1. The number of nitrogens with one attached hydrogen (secondary N) is 1. The minimum Gasteiger partial charge on any atom is -0.457 e. The molecule has 0 unspecified atom stereocenters. The number of rotatable bonds is 11. The molecule has 0 bridgehead atoms. The molecule has 0 spiro atoms. The van der Waals surface area contributed by atoms with Crippen molar-refractivity contribution < 1.29 is 31.8 Å². The summed E-state index contributed by atoms with van der Waals surface area (Å²) in [5, 5.41) is 2.96. The Kier molecular flexibility index (Phi) is 10.1. The fraction of sp³-hybridized carbons (Fsp3) is 0.406. The van der Waals surface area contributed by atoms with E-state index in [0.29, 0.717) is 47.7 Å². The van der Waals surface area contributed by atoms with Crippen LogP contribution in [-0.4, -0.2) is 51.4 Å². The quantitative estimate of drug-likeness (QED) is 0.244. The third kappa shape index (κ3) is 8.23. The Morgan fingerprint density at radius 1 is 0.905 bits per heavy atom. The summed E-state index contributed by atoms with van der Waals surface area (Å²) in [6.45, 7) is 5.55. The number of amides is 2. The number of sulfone groups is 1. The third-order valence-corrected chi connectivity index (χ3v) is 9.01. The zero-order chi connectivity index (χ0) is 30.3. The normalized spacial score (nSPS) is 15.0. The predicted octanol–water partition coefficient (Wildman–Crippen LogP) is 7.65. The number of methoxy groups -OCH3 is 1. The van der Waals surface area contributed by atoms with Crippen LogP contribution in [-0.2, 0) is 14.6 Å². The van der Waals surface area contributed by atoms with Gasteiger partial charge in [0, 0.05) is 50.3 Å². The average Bonchev–Trinajstić information content (AvgIpc) is 2.97. The van der Waals surface area contributed by atoms with Gasteiger partial charge >= 0.3 is 6.03 Å². The number of ether oxygens (including phenoxy) is 3. The molecule has 3 aromatic rings. The molecule has 0 aromatic heterocycles. The predicted molar refractivity (Wildman–Crippen MR) is 161 cm³/mol. The zero-order valence-electron chi connectivity index (χ0n) is 24.6. The van der Waals surface area contributed by atoms with Crippen LogP contribution in [0.5, 0.6) is 23.0 Å². The maximum atomic E-state index is 13.4. The van der Waals surface area contributed by atoms with E-state index in [1.165, 1.54) is 36.4 Å². The van der Waals surface area contributed by atoms with E-state index >= 15 is 0 Å². The number of halogens is 1. The standard InChI is InChI=1S/C32H39FN2O6S/c1-5-23(6-2)22-32(39-3)15-17-35(18-16-32)31(36)34-25-19-28(40-26-9-7-24(33)8-10-26)21-29(20-25)41-27-11-13-30(14-12-27)42(4,37)38/h7-14,19-21,23H,5-6,15-18,22H2,1-4H3,(H,34,36). The van der Waals surface area contributed by atoms with Crippen LogP contribution >= 0.6 is 0 Å². The van der Waals surface area contributed by atoms with Crippen molar-refractivity contribution >= 4 is 21.6 Å². The number of urea groups is 1. The lowest BCUT2D eigenvalue weighted by Gasteiger charge is -2.42. The molecule has 3 aromatic carbocycles. The lowest BCUT2D eigenvalue weighted by Crippen LogP contribution is -2.49. The first-order valence-electron chi connectivity index (χ1n) is 14.2. The Morgan fingerprint density at radius 3 is 1.90 bits per heavy atom. The molecule has 1 N–H and O–H groups in total. The van der Waals surface area contributed by atoms with Crippen molar-refractivity contribution in [1.82, 2.24) is 4.90 Å². The highest BCUT2D eigenvalue weighted by atomic mass is 32.2. The summed E-state index contributed by atoms with van der Waals surface area (Å²) in [7, 11) is -1.58. The Balaban J connectivity index is 1.51. The zero-order valence-corrected chi connectivity index (χ0v) is 25.4. The van der Waals surface area contributed by atoms with E-state index in [-0.39, 0.29) is 22.3 Å². The van der Waals surface area contributed by atoms with Crippen molar-refractivity contribution in [1.29, 1.82) is 0 Å². The maximum Gasteiger partial charge on any atom is 0.321 e. The van der Waals surface area contributed by atoms with Crippen molar-refractivity contribution in [2.45, 2.75) is 56.4 Å². The van der Waals surface area contributed by atoms with Crippen LogP contribution in [0.2, 0.25) is 0 Å². The minimum atomic E-state index is -3.35. The van der Waals surface area contributed by atoms with Gasteiger partial charge in [-0.05, 0) is 73.7 Å². The smallest absolute Gasteiger partial charge is 0.321 e. The van der Waals surface area contributed by atoms with Crippen LogP contribution < -0.4 is 14.8 Å². The molecular formula is C32H39FN2O6S. The van der Waals surface area contributed by atoms with Crippen LogP contribution in [0.4, 0.5) is 14.9 Å². The van der Waals surface area contributed by atoms with E-state index in [2.05, 4.69) is 19.2 Å². The summed E-state index contributed by atoms with van der Waals surface area (Å²) in [5.74, 6) is 1.75. The van der Waals surface area contributed by atoms with Crippen molar-refractivity contribution in [2.24, 2.45) is 5.92 Å².